The smallest absolute Gasteiger partial charge is 0.232 e. The van der Waals surface area contributed by atoms with Gasteiger partial charge in [-0.3, -0.25) is 9.10 Å². The molecular weight excluding hydrogens is 364 g/mol. The first kappa shape index (κ1) is 20.8. The molecule has 0 aromatic heterocycles. The van der Waals surface area contributed by atoms with E-state index in [1.54, 1.807) is 24.3 Å². The van der Waals surface area contributed by atoms with Gasteiger partial charge in [-0.1, -0.05) is 30.3 Å². The zero-order chi connectivity index (χ0) is 19.7. The van der Waals surface area contributed by atoms with Crippen molar-refractivity contribution in [3.63, 3.8) is 0 Å². The number of amides is 1. The third-order valence-electron chi connectivity index (χ3n) is 3.91. The van der Waals surface area contributed by atoms with Crippen LogP contribution < -0.4 is 14.4 Å². The van der Waals surface area contributed by atoms with Gasteiger partial charge in [0.05, 0.1) is 18.6 Å². The summed E-state index contributed by atoms with van der Waals surface area (Å²) in [5.41, 5.74) is 1.56. The van der Waals surface area contributed by atoms with Crippen molar-refractivity contribution in [2.24, 2.45) is 0 Å². The first-order valence-corrected chi connectivity index (χ1v) is 10.8. The number of carbonyl (C=O) groups excluding carboxylic acids is 1. The minimum absolute atomic E-state index is 0.113. The van der Waals surface area contributed by atoms with Gasteiger partial charge in [0.15, 0.2) is 0 Å². The Morgan fingerprint density at radius 3 is 2.52 bits per heavy atom. The summed E-state index contributed by atoms with van der Waals surface area (Å²) < 4.78 is 30.8. The highest BCUT2D eigenvalue weighted by molar-refractivity contribution is 7.92. The van der Waals surface area contributed by atoms with E-state index in [1.807, 2.05) is 37.3 Å². The van der Waals surface area contributed by atoms with Gasteiger partial charge >= 0.3 is 0 Å². The topological polar surface area (TPSA) is 75.7 Å². The van der Waals surface area contributed by atoms with E-state index in [-0.39, 0.29) is 18.9 Å². The van der Waals surface area contributed by atoms with Gasteiger partial charge in [-0.15, -0.1) is 0 Å². The van der Waals surface area contributed by atoms with E-state index in [9.17, 15) is 13.2 Å². The lowest BCUT2D eigenvalue weighted by atomic mass is 10.2. The second-order valence-corrected chi connectivity index (χ2v) is 8.04. The summed E-state index contributed by atoms with van der Waals surface area (Å²) in [6, 6.07) is 16.5. The monoisotopic (exact) mass is 390 g/mol. The number of sulfonamides is 1. The maximum atomic E-state index is 12.1. The Bertz CT molecular complexity index is 838. The predicted molar refractivity (Wildman–Crippen MR) is 107 cm³/mol. The maximum absolute atomic E-state index is 12.1. The molecule has 2 rings (SSSR count). The van der Waals surface area contributed by atoms with Crippen molar-refractivity contribution >= 4 is 21.6 Å². The van der Waals surface area contributed by atoms with E-state index in [1.165, 1.54) is 10.6 Å². The summed E-state index contributed by atoms with van der Waals surface area (Å²) in [4.78, 5) is 12.1. The van der Waals surface area contributed by atoms with Crippen LogP contribution in [0.4, 0.5) is 5.69 Å². The summed E-state index contributed by atoms with van der Waals surface area (Å²) in [6.07, 6.45) is 1.86. The van der Waals surface area contributed by atoms with Crippen LogP contribution in [0.1, 0.15) is 25.3 Å². The zero-order valence-corrected chi connectivity index (χ0v) is 16.5. The molecule has 146 valence electrons. The van der Waals surface area contributed by atoms with Crippen molar-refractivity contribution in [2.45, 2.75) is 26.3 Å². The summed E-state index contributed by atoms with van der Waals surface area (Å²) in [5.74, 6) is 0.661. The Morgan fingerprint density at radius 1 is 1.11 bits per heavy atom. The number of carbonyl (C=O) groups is 1. The molecule has 0 heterocycles. The number of benzene rings is 2. The Morgan fingerprint density at radius 2 is 1.85 bits per heavy atom. The van der Waals surface area contributed by atoms with Crippen LogP contribution in [-0.4, -0.2) is 33.7 Å². The largest absolute Gasteiger partial charge is 0.494 e. The van der Waals surface area contributed by atoms with Crippen molar-refractivity contribution in [1.82, 2.24) is 5.32 Å². The van der Waals surface area contributed by atoms with Gasteiger partial charge in [-0.25, -0.2) is 8.42 Å². The average molecular weight is 391 g/mol. The molecule has 1 N–H and O–H groups in total. The molecular formula is C20H26N2O4S. The van der Waals surface area contributed by atoms with Crippen LogP contribution in [0, 0.1) is 0 Å². The third kappa shape index (κ3) is 6.94. The molecule has 7 heteroatoms. The number of para-hydroxylation sites is 1. The van der Waals surface area contributed by atoms with Crippen LogP contribution in [0.15, 0.2) is 54.6 Å². The molecule has 27 heavy (non-hydrogen) atoms. The Balaban J connectivity index is 1.83. The number of hydrogen-bond donors (Lipinski definition) is 1. The molecule has 0 radical (unpaired) electrons. The number of ether oxygens (including phenoxy) is 1. The number of nitrogens with one attached hydrogen (secondary N) is 1. The number of anilines is 1. The maximum Gasteiger partial charge on any atom is 0.232 e. The second kappa shape index (κ2) is 9.97. The molecule has 1 amide bonds. The molecule has 6 nitrogen and oxygen atoms in total. The van der Waals surface area contributed by atoms with Crippen LogP contribution >= 0.6 is 0 Å². The van der Waals surface area contributed by atoms with Crippen molar-refractivity contribution in [3.8, 4) is 5.75 Å². The first-order valence-electron chi connectivity index (χ1n) is 8.91. The lowest BCUT2D eigenvalue weighted by molar-refractivity contribution is -0.121. The fourth-order valence-corrected chi connectivity index (χ4v) is 3.63. The summed E-state index contributed by atoms with van der Waals surface area (Å²) in [6.45, 7) is 3.18. The van der Waals surface area contributed by atoms with Gasteiger partial charge in [0.1, 0.15) is 5.75 Å². The van der Waals surface area contributed by atoms with Crippen LogP contribution in [0.2, 0.25) is 0 Å². The zero-order valence-electron chi connectivity index (χ0n) is 15.7. The fourth-order valence-electron chi connectivity index (χ4n) is 2.66. The molecule has 0 aliphatic heterocycles. The molecule has 0 unspecified atom stereocenters. The molecule has 2 aromatic carbocycles. The van der Waals surface area contributed by atoms with Crippen molar-refractivity contribution < 1.29 is 17.9 Å². The van der Waals surface area contributed by atoms with Gasteiger partial charge in [-0.05, 0) is 43.2 Å². The average Bonchev–Trinajstić information content (AvgIpc) is 2.64. The molecule has 0 spiro atoms. The van der Waals surface area contributed by atoms with E-state index < -0.39 is 10.0 Å². The molecule has 0 saturated heterocycles. The van der Waals surface area contributed by atoms with Crippen LogP contribution in [0.25, 0.3) is 0 Å². The van der Waals surface area contributed by atoms with E-state index >= 15 is 0 Å². The van der Waals surface area contributed by atoms with Crippen molar-refractivity contribution in [1.29, 1.82) is 0 Å². The third-order valence-corrected chi connectivity index (χ3v) is 5.10. The van der Waals surface area contributed by atoms with Gasteiger partial charge in [0.25, 0.3) is 0 Å². The molecule has 0 atom stereocenters. The Hall–Kier alpha value is -2.54. The lowest BCUT2D eigenvalue weighted by Gasteiger charge is -2.22. The van der Waals surface area contributed by atoms with Crippen LogP contribution in [0.5, 0.6) is 5.75 Å². The highest BCUT2D eigenvalue weighted by atomic mass is 32.2. The minimum atomic E-state index is -3.39. The molecule has 0 aliphatic rings. The molecule has 2 aromatic rings. The highest BCUT2D eigenvalue weighted by Gasteiger charge is 2.17. The van der Waals surface area contributed by atoms with E-state index in [4.69, 9.17) is 4.74 Å². The second-order valence-electron chi connectivity index (χ2n) is 6.13. The van der Waals surface area contributed by atoms with Crippen molar-refractivity contribution in [2.75, 3.05) is 23.7 Å². The molecule has 0 bridgehead atoms. The summed E-state index contributed by atoms with van der Waals surface area (Å²) in [7, 11) is -3.39. The van der Waals surface area contributed by atoms with Crippen molar-refractivity contribution in [3.05, 3.63) is 60.2 Å². The fraction of sp³-hybridized carbons (Fsp3) is 0.350. The lowest BCUT2D eigenvalue weighted by Crippen LogP contribution is -2.32. The minimum Gasteiger partial charge on any atom is -0.494 e. The Labute approximate surface area is 161 Å². The standard InChI is InChI=1S/C20H26N2O4S/c1-3-26-19-12-7-9-17(15-19)16-21-20(23)13-8-14-22(27(2,24)25)18-10-5-4-6-11-18/h4-7,9-12,15H,3,8,13-14,16H2,1-2H3,(H,21,23). The number of nitrogens with zero attached hydrogens (tertiary/aromatic N) is 1. The van der Waals surface area contributed by atoms with Gasteiger partial charge in [0, 0.05) is 19.5 Å². The predicted octanol–water partition coefficient (Wildman–Crippen LogP) is 2.95. The Kier molecular flexibility index (Phi) is 7.67. The van der Waals surface area contributed by atoms with Gasteiger partial charge in [-0.2, -0.15) is 0 Å². The number of rotatable bonds is 10. The molecule has 0 fully saturated rings. The first-order chi connectivity index (χ1) is 12.9. The number of hydrogen-bond acceptors (Lipinski definition) is 4. The summed E-state index contributed by atoms with van der Waals surface area (Å²) >= 11 is 0. The van der Waals surface area contributed by atoms with Crippen LogP contribution in [-0.2, 0) is 21.4 Å². The van der Waals surface area contributed by atoms with Gasteiger partial charge in [0.2, 0.25) is 15.9 Å². The van der Waals surface area contributed by atoms with E-state index in [0.717, 1.165) is 11.3 Å². The quantitative estimate of drug-likeness (QED) is 0.677. The summed E-state index contributed by atoms with van der Waals surface area (Å²) in [5, 5.41) is 2.86. The van der Waals surface area contributed by atoms with Gasteiger partial charge < -0.3 is 10.1 Å². The van der Waals surface area contributed by atoms with Crippen LogP contribution in [0.3, 0.4) is 0 Å². The molecule has 0 aliphatic carbocycles. The van der Waals surface area contributed by atoms with E-state index in [0.29, 0.717) is 25.3 Å². The highest BCUT2D eigenvalue weighted by Crippen LogP contribution is 2.17. The molecule has 0 saturated carbocycles. The van der Waals surface area contributed by atoms with E-state index in [2.05, 4.69) is 5.32 Å². The SMILES string of the molecule is CCOc1cccc(CNC(=O)CCCN(c2ccccc2)S(C)(=O)=O)c1. The normalized spacial score (nSPS) is 11.0.